The van der Waals surface area contributed by atoms with Gasteiger partial charge >= 0.3 is 0 Å². The van der Waals surface area contributed by atoms with E-state index in [2.05, 4.69) is 5.32 Å². The zero-order valence-corrected chi connectivity index (χ0v) is 13.2. The summed E-state index contributed by atoms with van der Waals surface area (Å²) in [5, 5.41) is 14.4. The van der Waals surface area contributed by atoms with E-state index in [-0.39, 0.29) is 6.61 Å². The van der Waals surface area contributed by atoms with Gasteiger partial charge in [-0.25, -0.2) is 0 Å². The van der Waals surface area contributed by atoms with Gasteiger partial charge in [-0.05, 0) is 48.9 Å². The Kier molecular flexibility index (Phi) is 5.74. The molecule has 1 atom stereocenters. The maximum Gasteiger partial charge on any atom is 0.119 e. The molecular weight excluding hydrogens is 309 g/mol. The maximum atomic E-state index is 9.92. The minimum absolute atomic E-state index is 0.203. The van der Waals surface area contributed by atoms with Crippen molar-refractivity contribution in [3.63, 3.8) is 0 Å². The second-order valence-electron chi connectivity index (χ2n) is 4.77. The number of aliphatic hydroxyl groups is 1. The number of halogens is 2. The largest absolute Gasteiger partial charge is 0.491 e. The van der Waals surface area contributed by atoms with E-state index < -0.39 is 6.10 Å². The fourth-order valence-electron chi connectivity index (χ4n) is 1.79. The van der Waals surface area contributed by atoms with Crippen LogP contribution in [0, 0.1) is 6.92 Å². The molecule has 0 bridgehead atoms. The van der Waals surface area contributed by atoms with Gasteiger partial charge in [0.2, 0.25) is 0 Å². The number of rotatable bonds is 6. The first-order valence-corrected chi connectivity index (χ1v) is 7.36. The van der Waals surface area contributed by atoms with Crippen molar-refractivity contribution < 1.29 is 9.84 Å². The SMILES string of the molecule is Cc1cc(OCC(O)CNc2cccc(Cl)c2)ccc1Cl. The van der Waals surface area contributed by atoms with Crippen LogP contribution in [0.4, 0.5) is 5.69 Å². The lowest BCUT2D eigenvalue weighted by Crippen LogP contribution is -2.26. The fourth-order valence-corrected chi connectivity index (χ4v) is 2.10. The van der Waals surface area contributed by atoms with Gasteiger partial charge in [-0.3, -0.25) is 0 Å². The first-order valence-electron chi connectivity index (χ1n) is 6.61. The molecule has 3 nitrogen and oxygen atoms in total. The van der Waals surface area contributed by atoms with E-state index in [4.69, 9.17) is 27.9 Å². The number of hydrogen-bond acceptors (Lipinski definition) is 3. The number of ether oxygens (including phenoxy) is 1. The predicted molar refractivity (Wildman–Crippen MR) is 87.6 cm³/mol. The molecule has 0 saturated heterocycles. The van der Waals surface area contributed by atoms with Gasteiger partial charge < -0.3 is 15.2 Å². The van der Waals surface area contributed by atoms with Crippen LogP contribution in [0.2, 0.25) is 10.0 Å². The van der Waals surface area contributed by atoms with Gasteiger partial charge in [-0.2, -0.15) is 0 Å². The van der Waals surface area contributed by atoms with Crippen LogP contribution in [0.25, 0.3) is 0 Å². The van der Waals surface area contributed by atoms with Crippen LogP contribution in [-0.2, 0) is 0 Å². The van der Waals surface area contributed by atoms with E-state index in [0.717, 1.165) is 11.3 Å². The monoisotopic (exact) mass is 325 g/mol. The minimum Gasteiger partial charge on any atom is -0.491 e. The first-order chi connectivity index (χ1) is 10.0. The summed E-state index contributed by atoms with van der Waals surface area (Å²) < 4.78 is 5.54. The first kappa shape index (κ1) is 16.0. The van der Waals surface area contributed by atoms with E-state index in [9.17, 15) is 5.11 Å². The van der Waals surface area contributed by atoms with Crippen LogP contribution in [0.5, 0.6) is 5.75 Å². The summed E-state index contributed by atoms with van der Waals surface area (Å²) in [7, 11) is 0. The Morgan fingerprint density at radius 2 is 2.00 bits per heavy atom. The summed E-state index contributed by atoms with van der Waals surface area (Å²) in [6.07, 6.45) is -0.625. The molecule has 2 rings (SSSR count). The van der Waals surface area contributed by atoms with Crippen molar-refractivity contribution in [2.45, 2.75) is 13.0 Å². The molecule has 2 N–H and O–H groups in total. The summed E-state index contributed by atoms with van der Waals surface area (Å²) in [4.78, 5) is 0. The molecule has 0 amide bonds. The van der Waals surface area contributed by atoms with Crippen molar-refractivity contribution in [1.29, 1.82) is 0 Å². The highest BCUT2D eigenvalue weighted by Gasteiger charge is 2.06. The van der Waals surface area contributed by atoms with E-state index in [1.54, 1.807) is 24.3 Å². The zero-order valence-electron chi connectivity index (χ0n) is 11.6. The van der Waals surface area contributed by atoms with E-state index in [1.165, 1.54) is 0 Å². The van der Waals surface area contributed by atoms with Crippen LogP contribution in [0.3, 0.4) is 0 Å². The molecule has 1 unspecified atom stereocenters. The summed E-state index contributed by atoms with van der Waals surface area (Å²) in [5.74, 6) is 0.693. The number of nitrogens with one attached hydrogen (secondary N) is 1. The minimum atomic E-state index is -0.625. The Bertz CT molecular complexity index is 605. The number of aryl methyl sites for hydroxylation is 1. The number of anilines is 1. The molecule has 0 aromatic heterocycles. The molecule has 2 aromatic rings. The fraction of sp³-hybridized carbons (Fsp3) is 0.250. The third-order valence-corrected chi connectivity index (χ3v) is 3.60. The summed E-state index contributed by atoms with van der Waals surface area (Å²) in [6.45, 7) is 2.49. The predicted octanol–water partition coefficient (Wildman–Crippen LogP) is 4.15. The third kappa shape index (κ3) is 5.12. The molecule has 0 heterocycles. The Morgan fingerprint density at radius 1 is 1.19 bits per heavy atom. The number of aliphatic hydroxyl groups excluding tert-OH is 1. The molecule has 2 aromatic carbocycles. The van der Waals surface area contributed by atoms with Crippen molar-refractivity contribution in [2.75, 3.05) is 18.5 Å². The average molecular weight is 326 g/mol. The van der Waals surface area contributed by atoms with Gasteiger partial charge in [-0.1, -0.05) is 29.3 Å². The molecule has 0 aliphatic rings. The van der Waals surface area contributed by atoms with E-state index in [0.29, 0.717) is 22.3 Å². The van der Waals surface area contributed by atoms with Crippen LogP contribution in [0.15, 0.2) is 42.5 Å². The summed E-state index contributed by atoms with van der Waals surface area (Å²) >= 11 is 11.8. The van der Waals surface area contributed by atoms with E-state index >= 15 is 0 Å². The average Bonchev–Trinajstić information content (AvgIpc) is 2.46. The lowest BCUT2D eigenvalue weighted by Gasteiger charge is -2.14. The lowest BCUT2D eigenvalue weighted by atomic mass is 10.2. The number of hydrogen-bond donors (Lipinski definition) is 2. The number of benzene rings is 2. The highest BCUT2D eigenvalue weighted by atomic mass is 35.5. The van der Waals surface area contributed by atoms with Gasteiger partial charge in [0, 0.05) is 22.3 Å². The molecule has 21 heavy (non-hydrogen) atoms. The molecule has 5 heteroatoms. The van der Waals surface area contributed by atoms with Crippen LogP contribution in [-0.4, -0.2) is 24.4 Å². The molecule has 112 valence electrons. The van der Waals surface area contributed by atoms with Gasteiger partial charge in [0.25, 0.3) is 0 Å². The van der Waals surface area contributed by atoms with Crippen molar-refractivity contribution in [3.05, 3.63) is 58.1 Å². The Labute approximate surface area is 134 Å². The third-order valence-electron chi connectivity index (χ3n) is 2.94. The molecule has 0 aliphatic heterocycles. The standard InChI is InChI=1S/C16H17Cl2NO2/c1-11-7-15(5-6-16(11)18)21-10-14(20)9-19-13-4-2-3-12(17)8-13/h2-8,14,19-20H,9-10H2,1H3. The Hall–Kier alpha value is -1.42. The van der Waals surface area contributed by atoms with Crippen LogP contribution >= 0.6 is 23.2 Å². The topological polar surface area (TPSA) is 41.5 Å². The smallest absolute Gasteiger partial charge is 0.119 e. The molecule has 0 aliphatic carbocycles. The maximum absolute atomic E-state index is 9.92. The normalized spacial score (nSPS) is 12.0. The molecule has 0 fully saturated rings. The summed E-state index contributed by atoms with van der Waals surface area (Å²) in [6, 6.07) is 12.8. The Morgan fingerprint density at radius 3 is 2.71 bits per heavy atom. The second-order valence-corrected chi connectivity index (χ2v) is 5.61. The molecular formula is C16H17Cl2NO2. The van der Waals surface area contributed by atoms with Gasteiger partial charge in [-0.15, -0.1) is 0 Å². The highest BCUT2D eigenvalue weighted by Crippen LogP contribution is 2.21. The van der Waals surface area contributed by atoms with Crippen molar-refractivity contribution in [3.8, 4) is 5.75 Å². The van der Waals surface area contributed by atoms with E-state index in [1.807, 2.05) is 25.1 Å². The van der Waals surface area contributed by atoms with Crippen LogP contribution in [0.1, 0.15) is 5.56 Å². The summed E-state index contributed by atoms with van der Waals surface area (Å²) in [5.41, 5.74) is 1.81. The molecule has 0 spiro atoms. The van der Waals surface area contributed by atoms with Gasteiger partial charge in [0.05, 0.1) is 0 Å². The highest BCUT2D eigenvalue weighted by molar-refractivity contribution is 6.31. The van der Waals surface area contributed by atoms with Gasteiger partial charge in [0.15, 0.2) is 0 Å². The van der Waals surface area contributed by atoms with Crippen molar-refractivity contribution in [2.24, 2.45) is 0 Å². The van der Waals surface area contributed by atoms with Crippen LogP contribution < -0.4 is 10.1 Å². The second kappa shape index (κ2) is 7.55. The van der Waals surface area contributed by atoms with Crippen molar-refractivity contribution in [1.82, 2.24) is 0 Å². The Balaban J connectivity index is 1.79. The molecule has 0 radical (unpaired) electrons. The van der Waals surface area contributed by atoms with Gasteiger partial charge in [0.1, 0.15) is 18.5 Å². The quantitative estimate of drug-likeness (QED) is 0.838. The molecule has 0 saturated carbocycles. The van der Waals surface area contributed by atoms with Crippen molar-refractivity contribution >= 4 is 28.9 Å². The zero-order chi connectivity index (χ0) is 15.2. The lowest BCUT2D eigenvalue weighted by molar-refractivity contribution is 0.117.